The molecule has 1 saturated heterocycles. The van der Waals surface area contributed by atoms with Crippen LogP contribution in [-0.2, 0) is 11.3 Å². The standard InChI is InChI=1S/C16H17N5O2/c1-2-5-13(6-3-1)21-9-8-12(20-21)11-17-16-19-18-15(23-16)14-7-4-10-22-14/h1-3,5-6,8-9,14H,4,7,10-11H2,(H,17,19)/t14-/m0/s1. The van der Waals surface area contributed by atoms with Crippen LogP contribution in [0.5, 0.6) is 0 Å². The van der Waals surface area contributed by atoms with E-state index in [1.165, 1.54) is 0 Å². The first-order chi connectivity index (χ1) is 11.4. The molecule has 0 spiro atoms. The number of aromatic nitrogens is 4. The predicted octanol–water partition coefficient (Wildman–Crippen LogP) is 2.72. The Kier molecular flexibility index (Phi) is 3.77. The van der Waals surface area contributed by atoms with E-state index < -0.39 is 0 Å². The number of hydrogen-bond acceptors (Lipinski definition) is 6. The second kappa shape index (κ2) is 6.21. The van der Waals surface area contributed by atoms with Crippen LogP contribution in [0.2, 0.25) is 0 Å². The molecule has 7 heteroatoms. The molecule has 1 atom stereocenters. The fourth-order valence-electron chi connectivity index (χ4n) is 2.56. The number of ether oxygens (including phenoxy) is 1. The van der Waals surface area contributed by atoms with Crippen LogP contribution in [0.3, 0.4) is 0 Å². The number of rotatable bonds is 5. The summed E-state index contributed by atoms with van der Waals surface area (Å²) in [6.45, 7) is 1.28. The first kappa shape index (κ1) is 14.0. The molecule has 2 aromatic heterocycles. The van der Waals surface area contributed by atoms with Crippen molar-refractivity contribution in [2.75, 3.05) is 11.9 Å². The Bertz CT molecular complexity index is 762. The number of nitrogens with zero attached hydrogens (tertiary/aromatic N) is 4. The average Bonchev–Trinajstić information content (AvgIpc) is 3.33. The van der Waals surface area contributed by atoms with Crippen LogP contribution in [-0.4, -0.2) is 26.6 Å². The van der Waals surface area contributed by atoms with Gasteiger partial charge in [0.25, 0.3) is 0 Å². The Morgan fingerprint density at radius 2 is 2.09 bits per heavy atom. The lowest BCUT2D eigenvalue weighted by Crippen LogP contribution is -2.02. The van der Waals surface area contributed by atoms with Crippen molar-refractivity contribution in [3.05, 3.63) is 54.2 Å². The van der Waals surface area contributed by atoms with Gasteiger partial charge < -0.3 is 14.5 Å². The van der Waals surface area contributed by atoms with Gasteiger partial charge >= 0.3 is 6.01 Å². The predicted molar refractivity (Wildman–Crippen MR) is 83.1 cm³/mol. The summed E-state index contributed by atoms with van der Waals surface area (Å²) in [6.07, 6.45) is 3.84. The van der Waals surface area contributed by atoms with Crippen molar-refractivity contribution >= 4 is 6.01 Å². The molecular weight excluding hydrogens is 294 g/mol. The van der Waals surface area contributed by atoms with Gasteiger partial charge in [-0.2, -0.15) is 5.10 Å². The summed E-state index contributed by atoms with van der Waals surface area (Å²) in [4.78, 5) is 0. The molecule has 0 bridgehead atoms. The van der Waals surface area contributed by atoms with Gasteiger partial charge in [-0.25, -0.2) is 4.68 Å². The van der Waals surface area contributed by atoms with Crippen LogP contribution in [0, 0.1) is 0 Å². The van der Waals surface area contributed by atoms with E-state index >= 15 is 0 Å². The second-order valence-electron chi connectivity index (χ2n) is 5.39. The van der Waals surface area contributed by atoms with Gasteiger partial charge in [0.1, 0.15) is 6.10 Å². The van der Waals surface area contributed by atoms with Crippen molar-refractivity contribution in [2.45, 2.75) is 25.5 Å². The minimum absolute atomic E-state index is 0.0599. The lowest BCUT2D eigenvalue weighted by molar-refractivity contribution is 0.0897. The third-order valence-electron chi connectivity index (χ3n) is 3.73. The molecule has 3 heterocycles. The van der Waals surface area contributed by atoms with Crippen LogP contribution in [0.25, 0.3) is 5.69 Å². The molecule has 1 N–H and O–H groups in total. The van der Waals surface area contributed by atoms with Gasteiger partial charge in [0.2, 0.25) is 5.89 Å². The van der Waals surface area contributed by atoms with Crippen LogP contribution in [0.1, 0.15) is 30.5 Å². The molecule has 1 aliphatic heterocycles. The number of para-hydroxylation sites is 1. The van der Waals surface area contributed by atoms with Crippen molar-refractivity contribution in [3.8, 4) is 5.69 Å². The highest BCUT2D eigenvalue weighted by atomic mass is 16.5. The highest BCUT2D eigenvalue weighted by Gasteiger charge is 2.23. The normalized spacial score (nSPS) is 17.5. The van der Waals surface area contributed by atoms with Crippen molar-refractivity contribution < 1.29 is 9.15 Å². The van der Waals surface area contributed by atoms with E-state index in [1.54, 1.807) is 0 Å². The second-order valence-corrected chi connectivity index (χ2v) is 5.39. The molecule has 1 aliphatic rings. The van der Waals surface area contributed by atoms with Crippen molar-refractivity contribution in [3.63, 3.8) is 0 Å². The molecule has 4 rings (SSSR count). The monoisotopic (exact) mass is 311 g/mol. The van der Waals surface area contributed by atoms with Crippen molar-refractivity contribution in [1.29, 1.82) is 0 Å². The zero-order valence-corrected chi connectivity index (χ0v) is 12.6. The van der Waals surface area contributed by atoms with Gasteiger partial charge in [-0.15, -0.1) is 5.10 Å². The Balaban J connectivity index is 1.39. The van der Waals surface area contributed by atoms with Gasteiger partial charge in [0.15, 0.2) is 0 Å². The van der Waals surface area contributed by atoms with E-state index in [9.17, 15) is 0 Å². The zero-order valence-electron chi connectivity index (χ0n) is 12.6. The average molecular weight is 311 g/mol. The van der Waals surface area contributed by atoms with E-state index in [1.807, 2.05) is 47.3 Å². The minimum atomic E-state index is -0.0599. The van der Waals surface area contributed by atoms with Crippen LogP contribution >= 0.6 is 0 Å². The maximum absolute atomic E-state index is 5.59. The van der Waals surface area contributed by atoms with E-state index in [2.05, 4.69) is 20.6 Å². The largest absolute Gasteiger partial charge is 0.405 e. The Morgan fingerprint density at radius 3 is 2.91 bits per heavy atom. The Labute approximate surface area is 133 Å². The summed E-state index contributed by atoms with van der Waals surface area (Å²) < 4.78 is 13.0. The van der Waals surface area contributed by atoms with E-state index in [0.717, 1.165) is 30.8 Å². The Morgan fingerprint density at radius 1 is 1.17 bits per heavy atom. The van der Waals surface area contributed by atoms with E-state index in [0.29, 0.717) is 18.5 Å². The molecule has 1 fully saturated rings. The molecule has 0 aliphatic carbocycles. The fraction of sp³-hybridized carbons (Fsp3) is 0.312. The summed E-state index contributed by atoms with van der Waals surface area (Å²) in [6, 6.07) is 12.3. The summed E-state index contributed by atoms with van der Waals surface area (Å²) >= 11 is 0. The van der Waals surface area contributed by atoms with Gasteiger partial charge in [-0.05, 0) is 31.0 Å². The molecule has 0 unspecified atom stereocenters. The third-order valence-corrected chi connectivity index (χ3v) is 3.73. The summed E-state index contributed by atoms with van der Waals surface area (Å²) in [5, 5.41) is 15.6. The minimum Gasteiger partial charge on any atom is -0.405 e. The smallest absolute Gasteiger partial charge is 0.315 e. The number of nitrogens with one attached hydrogen (secondary N) is 1. The lowest BCUT2D eigenvalue weighted by atomic mass is 10.2. The SMILES string of the molecule is c1ccc(-n2ccc(CNc3nnc([C@@H]4CCCO4)o3)n2)cc1. The van der Waals surface area contributed by atoms with E-state index in [-0.39, 0.29) is 6.10 Å². The number of anilines is 1. The van der Waals surface area contributed by atoms with Crippen molar-refractivity contribution in [2.24, 2.45) is 0 Å². The first-order valence-electron chi connectivity index (χ1n) is 7.67. The number of benzene rings is 1. The third kappa shape index (κ3) is 3.09. The molecule has 1 aromatic carbocycles. The molecular formula is C16H17N5O2. The highest BCUT2D eigenvalue weighted by Crippen LogP contribution is 2.28. The summed E-state index contributed by atoms with van der Waals surface area (Å²) in [5.74, 6) is 0.541. The molecule has 3 aromatic rings. The molecule has 7 nitrogen and oxygen atoms in total. The van der Waals surface area contributed by atoms with Crippen molar-refractivity contribution in [1.82, 2.24) is 20.0 Å². The zero-order chi connectivity index (χ0) is 15.5. The number of hydrogen-bond donors (Lipinski definition) is 1. The van der Waals surface area contributed by atoms with Crippen LogP contribution in [0.4, 0.5) is 6.01 Å². The maximum Gasteiger partial charge on any atom is 0.315 e. The van der Waals surface area contributed by atoms with Gasteiger partial charge in [0.05, 0.1) is 17.9 Å². The molecule has 0 amide bonds. The highest BCUT2D eigenvalue weighted by molar-refractivity contribution is 5.30. The lowest BCUT2D eigenvalue weighted by Gasteiger charge is -2.02. The molecule has 0 radical (unpaired) electrons. The van der Waals surface area contributed by atoms with Crippen LogP contribution < -0.4 is 5.32 Å². The first-order valence-corrected chi connectivity index (χ1v) is 7.67. The fourth-order valence-corrected chi connectivity index (χ4v) is 2.56. The van der Waals surface area contributed by atoms with Gasteiger partial charge in [-0.1, -0.05) is 23.3 Å². The van der Waals surface area contributed by atoms with Gasteiger partial charge in [0, 0.05) is 12.8 Å². The molecule has 23 heavy (non-hydrogen) atoms. The maximum atomic E-state index is 5.59. The van der Waals surface area contributed by atoms with E-state index in [4.69, 9.17) is 9.15 Å². The topological polar surface area (TPSA) is 78.0 Å². The van der Waals surface area contributed by atoms with Gasteiger partial charge in [-0.3, -0.25) is 0 Å². The molecule has 0 saturated carbocycles. The quantitative estimate of drug-likeness (QED) is 0.780. The van der Waals surface area contributed by atoms with Crippen LogP contribution in [0.15, 0.2) is 47.0 Å². The summed E-state index contributed by atoms with van der Waals surface area (Å²) in [5.41, 5.74) is 1.92. The Hall–Kier alpha value is -2.67. The summed E-state index contributed by atoms with van der Waals surface area (Å²) in [7, 11) is 0. The molecule has 118 valence electrons.